The Morgan fingerprint density at radius 2 is 0.416 bits per heavy atom. The smallest absolute Gasteiger partial charge is 0.171 e. The lowest BCUT2D eigenvalue weighted by Crippen LogP contribution is -2.25. The van der Waals surface area contributed by atoms with Crippen LogP contribution in [0.4, 0.5) is 0 Å². The van der Waals surface area contributed by atoms with Crippen LogP contribution in [0.5, 0.6) is 0 Å². The van der Waals surface area contributed by atoms with E-state index in [4.69, 9.17) is 29.9 Å². The molecule has 27 aromatic rings. The first-order valence-corrected chi connectivity index (χ1v) is 54.6. The first-order valence-electron chi connectivity index (χ1n) is 50.7. The molecule has 0 aliphatic rings. The van der Waals surface area contributed by atoms with Gasteiger partial charge in [-0.15, -0.1) is 0 Å². The summed E-state index contributed by atoms with van der Waals surface area (Å²) in [6.07, 6.45) is 1.03. The van der Waals surface area contributed by atoms with Crippen LogP contribution in [-0.2, 0) is 11.0 Å². The Kier molecular flexibility index (Phi) is 25.7. The van der Waals surface area contributed by atoms with Crippen molar-refractivity contribution in [1.82, 2.24) is 29.9 Å². The molecular weight excluding hydrogens is 1910 g/mol. The second-order valence-corrected chi connectivity index (χ2v) is 44.2. The molecule has 710 valence electrons. The predicted octanol–water partition coefficient (Wildman–Crippen LogP) is 34.6. The molecule has 0 aliphatic heterocycles. The van der Waals surface area contributed by atoms with Crippen molar-refractivity contribution >= 4 is 193 Å². The van der Waals surface area contributed by atoms with E-state index in [0.717, 1.165) is 165 Å². The highest BCUT2D eigenvalue weighted by atomic mass is 79.9. The fourth-order valence-corrected chi connectivity index (χ4v) is 27.9. The topological polar surface area (TPSA) is 94.4 Å². The Labute approximate surface area is 876 Å². The number of para-hydroxylation sites is 3. The van der Waals surface area contributed by atoms with E-state index in [2.05, 4.69) is 476 Å². The molecule has 149 heavy (non-hydrogen) atoms. The lowest BCUT2D eigenvalue weighted by molar-refractivity contribution is 0.592. The second-order valence-electron chi connectivity index (χ2n) is 38.3. The van der Waals surface area contributed by atoms with Crippen molar-refractivity contribution in [2.75, 3.05) is 0 Å². The van der Waals surface area contributed by atoms with E-state index < -0.39 is 15.1 Å². The van der Waals surface area contributed by atoms with Gasteiger partial charge in [-0.3, -0.25) is 0 Å². The number of aryl methyl sites for hydroxylation is 6. The fourth-order valence-electron chi connectivity index (χ4n) is 22.6. The summed E-state index contributed by atoms with van der Waals surface area (Å²) in [6, 6.07) is 171. The molecule has 6 heterocycles. The van der Waals surface area contributed by atoms with Crippen molar-refractivity contribution in [2.24, 2.45) is 0 Å². The molecule has 21 aromatic carbocycles. The highest BCUT2D eigenvalue weighted by Crippen LogP contribution is 2.52. The van der Waals surface area contributed by atoms with Crippen LogP contribution < -0.4 is 31.8 Å². The number of hydrogen-bond acceptors (Lipinski definition) is 7. The third-order valence-electron chi connectivity index (χ3n) is 29.3. The minimum absolute atomic E-state index is 0.765. The van der Waals surface area contributed by atoms with Crippen LogP contribution in [0, 0.1) is 41.5 Å². The van der Waals surface area contributed by atoms with Crippen LogP contribution in [0.2, 0.25) is 0 Å². The van der Waals surface area contributed by atoms with Gasteiger partial charge in [0.2, 0.25) is 0 Å². The van der Waals surface area contributed by atoms with Crippen LogP contribution in [0.3, 0.4) is 0 Å². The number of halogens is 1. The Bertz CT molecular complexity index is 9740. The molecule has 0 unspecified atom stereocenters. The number of rotatable bonds is 14. The number of aromatic nitrogens is 6. The van der Waals surface area contributed by atoms with Crippen molar-refractivity contribution in [3.8, 4) is 67.5 Å². The van der Waals surface area contributed by atoms with Gasteiger partial charge in [-0.25, -0.2) is 29.9 Å². The van der Waals surface area contributed by atoms with E-state index in [1.54, 1.807) is 0 Å². The van der Waals surface area contributed by atoms with E-state index in [0.29, 0.717) is 0 Å². The first-order chi connectivity index (χ1) is 73.3. The molecule has 0 amide bonds. The van der Waals surface area contributed by atoms with Crippen LogP contribution in [0.15, 0.2) is 496 Å². The molecular formula is C139H101BrN6OP2. The van der Waals surface area contributed by atoms with Crippen molar-refractivity contribution in [2.45, 2.75) is 48.0 Å². The Morgan fingerprint density at radius 1 is 0.195 bits per heavy atom. The maximum Gasteiger partial charge on any atom is 0.171 e. The molecule has 0 spiro atoms. The normalized spacial score (nSPS) is 11.6. The molecule has 0 atom stereocenters. The molecule has 0 radical (unpaired) electrons. The van der Waals surface area contributed by atoms with E-state index in [1.807, 2.05) is 72.8 Å². The molecule has 0 N–H and O–H groups in total. The summed E-state index contributed by atoms with van der Waals surface area (Å²) in [7, 11) is -3.99. The molecule has 0 fully saturated rings. The molecule has 0 aliphatic carbocycles. The van der Waals surface area contributed by atoms with Gasteiger partial charge in [0.1, 0.15) is 0 Å². The monoisotopic (exact) mass is 2010 g/mol. The summed E-state index contributed by atoms with van der Waals surface area (Å²) in [6.45, 7) is 13.5. The van der Waals surface area contributed by atoms with Crippen LogP contribution in [-0.4, -0.2) is 29.9 Å². The largest absolute Gasteiger partial charge is 0.309 e. The molecule has 0 bridgehead atoms. The van der Waals surface area contributed by atoms with Crippen molar-refractivity contribution in [3.63, 3.8) is 0 Å². The third-order valence-corrected chi connectivity index (χ3v) is 35.3. The highest BCUT2D eigenvalue weighted by Gasteiger charge is 2.33. The lowest BCUT2D eigenvalue weighted by atomic mass is 9.86. The standard InChI is InChI=1S/C46H33N2OP.C46H33N2P.C34H23BrN2.C13H12/c1-30-41-37-25-15-16-26-39(37)47-45(32-17-7-3-8-18-32)43(41)31(2)42-38-28-27-36(29-40(38)48-46(44(30)42)33-19-9-4-10-20-33)50(49,34-21-11-5-12-22-34)35-23-13-6-14-24-35;1-30-41-37-25-15-16-26-39(37)47-45(32-17-7-3-8-18-32)43(41)31(2)42-38-28-27-36(29-40(38)48-46(44(30)42)33-19-9-4-10-20-33)49(34-21-11-5-12-22-34)35-23-13-6-14-24-35;1-20-29-25-15-9-10-16-27(25)36-33(22-11-5-3-6-12-22)31(29)21(2)30-26-18-17-24(35)19-28(26)37-34(32(20)30)23-13-7-4-8-14-23;1-3-7-12(8-4-1)11-13-9-5-2-6-10-13/h3-29H,1-2H3;3-29H,1-2H3;3-19H,1-2H3;1-10H,11H2. The Balaban J connectivity index is 0.000000113. The van der Waals surface area contributed by atoms with Gasteiger partial charge < -0.3 is 4.57 Å². The Hall–Kier alpha value is -17.2. The summed E-state index contributed by atoms with van der Waals surface area (Å²) >= 11 is 3.67. The summed E-state index contributed by atoms with van der Waals surface area (Å²) in [5, 5.41) is 27.6. The molecule has 0 saturated heterocycles. The van der Waals surface area contributed by atoms with Gasteiger partial charge in [0.05, 0.1) is 67.3 Å². The van der Waals surface area contributed by atoms with E-state index in [-0.39, 0.29) is 0 Å². The van der Waals surface area contributed by atoms with E-state index in [9.17, 15) is 0 Å². The fraction of sp³-hybridized carbons (Fsp3) is 0.0504. The maximum atomic E-state index is 15.5. The summed E-state index contributed by atoms with van der Waals surface area (Å²) < 4.78 is 16.5. The predicted molar refractivity (Wildman–Crippen MR) is 639 cm³/mol. The van der Waals surface area contributed by atoms with Gasteiger partial charge in [0.15, 0.2) is 7.14 Å². The van der Waals surface area contributed by atoms with Gasteiger partial charge in [-0.2, -0.15) is 0 Å². The number of pyridine rings is 6. The highest BCUT2D eigenvalue weighted by molar-refractivity contribution is 9.10. The average molecular weight is 2010 g/mol. The van der Waals surface area contributed by atoms with Crippen molar-refractivity contribution < 1.29 is 4.57 Å². The molecule has 27 rings (SSSR count). The van der Waals surface area contributed by atoms with Crippen molar-refractivity contribution in [1.29, 1.82) is 0 Å². The van der Waals surface area contributed by atoms with Gasteiger partial charge in [0, 0.05) is 118 Å². The van der Waals surface area contributed by atoms with Gasteiger partial charge in [-0.05, 0) is 191 Å². The quantitative estimate of drug-likeness (QED) is 0.0608. The number of nitrogens with zero attached hydrogens (tertiary/aromatic N) is 6. The summed E-state index contributed by atoms with van der Waals surface area (Å²) in [4.78, 5) is 32.2. The van der Waals surface area contributed by atoms with Crippen LogP contribution in [0.25, 0.3) is 198 Å². The van der Waals surface area contributed by atoms with Gasteiger partial charge >= 0.3 is 0 Å². The molecule has 0 saturated carbocycles. The van der Waals surface area contributed by atoms with Crippen LogP contribution >= 0.6 is 31.0 Å². The molecule has 7 nitrogen and oxygen atoms in total. The zero-order chi connectivity index (χ0) is 101. The summed E-state index contributed by atoms with van der Waals surface area (Å²) in [5.74, 6) is 0. The van der Waals surface area contributed by atoms with E-state index >= 15 is 4.57 Å². The minimum atomic E-state index is -3.21. The zero-order valence-corrected chi connectivity index (χ0v) is 86.7. The first kappa shape index (κ1) is 94.1. The maximum absolute atomic E-state index is 15.5. The van der Waals surface area contributed by atoms with Gasteiger partial charge in [-0.1, -0.05) is 465 Å². The third kappa shape index (κ3) is 17.4. The Morgan fingerprint density at radius 3 is 0.711 bits per heavy atom. The second kappa shape index (κ2) is 40.7. The number of benzene rings is 21. The van der Waals surface area contributed by atoms with Crippen LogP contribution in [0.1, 0.15) is 44.5 Å². The van der Waals surface area contributed by atoms with Gasteiger partial charge in [0.25, 0.3) is 0 Å². The number of fused-ring (bicyclic) bond motifs is 18. The summed E-state index contributed by atoms with van der Waals surface area (Å²) in [5.41, 5.74) is 28.4. The van der Waals surface area contributed by atoms with E-state index in [1.165, 1.54) is 119 Å². The average Bonchev–Trinajstić information content (AvgIpc) is 0.709. The SMILES string of the molecule is Cc1c2c(-c3ccccc3)nc3cc(Br)ccc3c2c(C)c2c(-c3ccccc3)nc3ccccc3c12.Cc1c2c(-c3ccccc3)nc3cc(P(=O)(c4ccccc4)c4ccccc4)ccc3c2c(C)c2c(-c3ccccc3)nc3ccccc3c12.Cc1c2c(-c3ccccc3)nc3cc(P(c4ccccc4)c4ccccc4)ccc3c2c(C)c2c(-c3ccccc3)nc3ccccc3c12.c1ccc(Cc2ccccc2)cc1. The lowest BCUT2D eigenvalue weighted by Gasteiger charge is -2.22. The zero-order valence-electron chi connectivity index (χ0n) is 83.3. The molecule has 10 heteroatoms. The minimum Gasteiger partial charge on any atom is -0.309 e. The molecule has 6 aromatic heterocycles. The number of hydrogen-bond donors (Lipinski definition) is 0. The van der Waals surface area contributed by atoms with Crippen molar-refractivity contribution in [3.05, 3.63) is 540 Å².